The van der Waals surface area contributed by atoms with Crippen molar-refractivity contribution in [3.63, 3.8) is 0 Å². The summed E-state index contributed by atoms with van der Waals surface area (Å²) in [7, 11) is 1.92. The van der Waals surface area contributed by atoms with Gasteiger partial charge in [-0.3, -0.25) is 0 Å². The van der Waals surface area contributed by atoms with E-state index in [1.54, 1.807) is 6.33 Å². The van der Waals surface area contributed by atoms with Crippen molar-refractivity contribution in [2.45, 2.75) is 58.9 Å². The Bertz CT molecular complexity index is 444. The third-order valence-corrected chi connectivity index (χ3v) is 4.77. The van der Waals surface area contributed by atoms with Gasteiger partial charge in [-0.25, -0.2) is 9.97 Å². The van der Waals surface area contributed by atoms with E-state index in [1.165, 1.54) is 24.8 Å². The maximum absolute atomic E-state index is 4.50. The van der Waals surface area contributed by atoms with Crippen molar-refractivity contribution in [2.24, 2.45) is 11.8 Å². The third-order valence-electron chi connectivity index (χ3n) is 4.77. The second-order valence-electron chi connectivity index (χ2n) is 6.24. The summed E-state index contributed by atoms with van der Waals surface area (Å²) in [6.07, 6.45) is 5.51. The van der Waals surface area contributed by atoms with Crippen LogP contribution in [0, 0.1) is 11.8 Å². The quantitative estimate of drug-likeness (QED) is 0.857. The lowest BCUT2D eigenvalue weighted by Gasteiger charge is -2.24. The first kappa shape index (κ1) is 15.1. The minimum Gasteiger partial charge on any atom is -0.373 e. The summed E-state index contributed by atoms with van der Waals surface area (Å²) in [5.74, 6) is 3.91. The van der Waals surface area contributed by atoms with Crippen LogP contribution in [0.3, 0.4) is 0 Å². The molecule has 1 fully saturated rings. The molecule has 3 unspecified atom stereocenters. The average Bonchev–Trinajstić information content (AvgIpc) is 2.79. The molecule has 1 aromatic rings. The van der Waals surface area contributed by atoms with Crippen LogP contribution >= 0.6 is 0 Å². The Morgan fingerprint density at radius 3 is 2.50 bits per heavy atom. The molecule has 2 N–H and O–H groups in total. The molecule has 0 radical (unpaired) electrons. The van der Waals surface area contributed by atoms with Gasteiger partial charge in [0.2, 0.25) is 0 Å². The van der Waals surface area contributed by atoms with Crippen LogP contribution in [0.2, 0.25) is 0 Å². The number of hydrogen-bond donors (Lipinski definition) is 2. The minimum atomic E-state index is 0.403. The lowest BCUT2D eigenvalue weighted by Crippen LogP contribution is -2.26. The molecule has 20 heavy (non-hydrogen) atoms. The van der Waals surface area contributed by atoms with Crippen LogP contribution in [0.15, 0.2) is 6.33 Å². The first-order valence-electron chi connectivity index (χ1n) is 7.87. The molecule has 0 saturated heterocycles. The zero-order valence-corrected chi connectivity index (χ0v) is 13.4. The highest BCUT2D eigenvalue weighted by atomic mass is 15.1. The Labute approximate surface area is 122 Å². The maximum Gasteiger partial charge on any atom is 0.135 e. The molecule has 1 aliphatic carbocycles. The second kappa shape index (κ2) is 6.42. The van der Waals surface area contributed by atoms with E-state index < -0.39 is 0 Å². The van der Waals surface area contributed by atoms with Gasteiger partial charge in [-0.1, -0.05) is 34.1 Å². The molecule has 1 aromatic heterocycles. The summed E-state index contributed by atoms with van der Waals surface area (Å²) in [6.45, 7) is 9.05. The Morgan fingerprint density at radius 2 is 1.95 bits per heavy atom. The van der Waals surface area contributed by atoms with Gasteiger partial charge in [-0.05, 0) is 30.6 Å². The number of aromatic nitrogens is 2. The summed E-state index contributed by atoms with van der Waals surface area (Å²) in [5.41, 5.74) is 1.20. The predicted molar refractivity (Wildman–Crippen MR) is 85.3 cm³/mol. The minimum absolute atomic E-state index is 0.403. The molecular weight excluding hydrogens is 248 g/mol. The van der Waals surface area contributed by atoms with E-state index in [0.717, 1.165) is 17.6 Å². The Kier molecular flexibility index (Phi) is 4.84. The molecule has 4 heteroatoms. The highest BCUT2D eigenvalue weighted by Gasteiger charge is 2.32. The van der Waals surface area contributed by atoms with Gasteiger partial charge in [0.25, 0.3) is 0 Å². The smallest absolute Gasteiger partial charge is 0.135 e. The van der Waals surface area contributed by atoms with E-state index in [4.69, 9.17) is 0 Å². The first-order valence-corrected chi connectivity index (χ1v) is 7.87. The summed E-state index contributed by atoms with van der Waals surface area (Å²) < 4.78 is 0. The monoisotopic (exact) mass is 276 g/mol. The number of nitrogens with zero attached hydrogens (tertiary/aromatic N) is 2. The van der Waals surface area contributed by atoms with Gasteiger partial charge >= 0.3 is 0 Å². The van der Waals surface area contributed by atoms with Crippen LogP contribution in [-0.2, 0) is 0 Å². The summed E-state index contributed by atoms with van der Waals surface area (Å²) in [6, 6.07) is 0.539. The molecule has 0 spiro atoms. The van der Waals surface area contributed by atoms with E-state index >= 15 is 0 Å². The fourth-order valence-electron chi connectivity index (χ4n) is 3.46. The van der Waals surface area contributed by atoms with E-state index in [0.29, 0.717) is 17.9 Å². The molecule has 4 nitrogen and oxygen atoms in total. The van der Waals surface area contributed by atoms with Crippen molar-refractivity contribution >= 4 is 11.6 Å². The number of hydrogen-bond acceptors (Lipinski definition) is 4. The Balaban J connectivity index is 2.21. The van der Waals surface area contributed by atoms with Crippen molar-refractivity contribution in [3.8, 4) is 0 Å². The van der Waals surface area contributed by atoms with E-state index in [2.05, 4.69) is 48.3 Å². The fourth-order valence-corrected chi connectivity index (χ4v) is 3.46. The van der Waals surface area contributed by atoms with Crippen LogP contribution in [0.1, 0.15) is 58.4 Å². The van der Waals surface area contributed by atoms with Crippen LogP contribution in [0.4, 0.5) is 11.6 Å². The first-order chi connectivity index (χ1) is 9.58. The van der Waals surface area contributed by atoms with Crippen LogP contribution < -0.4 is 10.6 Å². The van der Waals surface area contributed by atoms with E-state index in [1.807, 2.05) is 7.05 Å². The second-order valence-corrected chi connectivity index (χ2v) is 6.24. The third kappa shape index (κ3) is 2.89. The van der Waals surface area contributed by atoms with Gasteiger partial charge in [-0.15, -0.1) is 0 Å². The maximum atomic E-state index is 4.50. The molecule has 1 aliphatic rings. The zero-order valence-electron chi connectivity index (χ0n) is 13.4. The lowest BCUT2D eigenvalue weighted by molar-refractivity contribution is 0.391. The van der Waals surface area contributed by atoms with Gasteiger partial charge in [0.15, 0.2) is 0 Å². The number of anilines is 2. The van der Waals surface area contributed by atoms with Crippen molar-refractivity contribution in [2.75, 3.05) is 17.7 Å². The van der Waals surface area contributed by atoms with Gasteiger partial charge in [0.1, 0.15) is 18.0 Å². The largest absolute Gasteiger partial charge is 0.373 e. The summed E-state index contributed by atoms with van der Waals surface area (Å²) in [5, 5.41) is 6.87. The van der Waals surface area contributed by atoms with Gasteiger partial charge < -0.3 is 10.6 Å². The topological polar surface area (TPSA) is 49.8 Å². The average molecular weight is 276 g/mol. The van der Waals surface area contributed by atoms with Gasteiger partial charge in [-0.2, -0.15) is 0 Å². The highest BCUT2D eigenvalue weighted by Crippen LogP contribution is 2.37. The summed E-state index contributed by atoms with van der Waals surface area (Å²) >= 11 is 0. The Hall–Kier alpha value is -1.32. The Morgan fingerprint density at radius 1 is 1.25 bits per heavy atom. The van der Waals surface area contributed by atoms with Crippen LogP contribution in [-0.4, -0.2) is 23.1 Å². The molecule has 0 bridgehead atoms. The van der Waals surface area contributed by atoms with Crippen molar-refractivity contribution in [3.05, 3.63) is 11.9 Å². The molecule has 3 atom stereocenters. The highest BCUT2D eigenvalue weighted by molar-refractivity contribution is 5.59. The molecule has 1 saturated carbocycles. The molecule has 0 aliphatic heterocycles. The van der Waals surface area contributed by atoms with Crippen molar-refractivity contribution in [1.29, 1.82) is 0 Å². The fraction of sp³-hybridized carbons (Fsp3) is 0.750. The zero-order chi connectivity index (χ0) is 14.7. The van der Waals surface area contributed by atoms with Crippen LogP contribution in [0.25, 0.3) is 0 Å². The molecular formula is C16H28N4. The van der Waals surface area contributed by atoms with Crippen molar-refractivity contribution in [1.82, 2.24) is 9.97 Å². The SMILES string of the molecule is CCC1CCC(Nc2ncnc(NC)c2C(C)C)C1C. The molecule has 0 aromatic carbocycles. The van der Waals surface area contributed by atoms with Crippen LogP contribution in [0.5, 0.6) is 0 Å². The lowest BCUT2D eigenvalue weighted by atomic mass is 9.93. The van der Waals surface area contributed by atoms with Gasteiger partial charge in [0.05, 0.1) is 0 Å². The summed E-state index contributed by atoms with van der Waals surface area (Å²) in [4.78, 5) is 8.84. The molecule has 0 amide bonds. The van der Waals surface area contributed by atoms with Crippen molar-refractivity contribution < 1.29 is 0 Å². The number of nitrogens with one attached hydrogen (secondary N) is 2. The predicted octanol–water partition coefficient (Wildman–Crippen LogP) is 3.88. The van der Waals surface area contributed by atoms with Gasteiger partial charge in [0, 0.05) is 18.7 Å². The molecule has 112 valence electrons. The number of rotatable bonds is 5. The molecule has 1 heterocycles. The normalized spacial score (nSPS) is 26.0. The van der Waals surface area contributed by atoms with E-state index in [9.17, 15) is 0 Å². The molecule has 2 rings (SSSR count). The standard InChI is InChI=1S/C16H28N4/c1-6-12-7-8-13(11(12)4)20-16-14(10(2)3)15(17-5)18-9-19-16/h9-13H,6-8H2,1-5H3,(H2,17,18,19,20). The van der Waals surface area contributed by atoms with E-state index in [-0.39, 0.29) is 0 Å².